The van der Waals surface area contributed by atoms with E-state index in [9.17, 15) is 14.0 Å². The van der Waals surface area contributed by atoms with E-state index in [4.69, 9.17) is 9.47 Å². The van der Waals surface area contributed by atoms with Gasteiger partial charge in [0.15, 0.2) is 22.4 Å². The van der Waals surface area contributed by atoms with E-state index in [0.717, 1.165) is 0 Å². The van der Waals surface area contributed by atoms with Crippen molar-refractivity contribution >= 4 is 39.8 Å². The Morgan fingerprint density at radius 3 is 2.53 bits per heavy atom. The molecule has 2 aromatic carbocycles. The lowest BCUT2D eigenvalue weighted by atomic mass is 10.2. The first-order chi connectivity index (χ1) is 16.5. The number of urea groups is 1. The number of nitrogens with zero attached hydrogens (tertiary/aromatic N) is 2. The Kier molecular flexibility index (Phi) is 6.94. The molecule has 0 bridgehead atoms. The number of halogens is 1. The van der Waals surface area contributed by atoms with Crippen molar-refractivity contribution in [3.8, 4) is 17.2 Å². The van der Waals surface area contributed by atoms with Gasteiger partial charge in [0.1, 0.15) is 0 Å². The van der Waals surface area contributed by atoms with Crippen molar-refractivity contribution in [1.82, 2.24) is 9.97 Å². The monoisotopic (exact) mass is 479 g/mol. The van der Waals surface area contributed by atoms with Crippen LogP contribution in [0.25, 0.3) is 0 Å². The van der Waals surface area contributed by atoms with Gasteiger partial charge < -0.3 is 20.1 Å². The van der Waals surface area contributed by atoms with E-state index >= 15 is 0 Å². The molecule has 0 aliphatic rings. The predicted molar refractivity (Wildman–Crippen MR) is 126 cm³/mol. The predicted octanol–water partition coefficient (Wildman–Crippen LogP) is 5.37. The summed E-state index contributed by atoms with van der Waals surface area (Å²) in [5.41, 5.74) is 0.952. The molecule has 0 unspecified atom stereocenters. The van der Waals surface area contributed by atoms with Crippen molar-refractivity contribution in [2.45, 2.75) is 0 Å². The number of hydrogen-bond donors (Lipinski definition) is 3. The van der Waals surface area contributed by atoms with Crippen molar-refractivity contribution in [3.05, 3.63) is 83.9 Å². The average Bonchev–Trinajstić information content (AvgIpc) is 3.35. The van der Waals surface area contributed by atoms with Crippen LogP contribution in [0.2, 0.25) is 0 Å². The van der Waals surface area contributed by atoms with Gasteiger partial charge in [0.05, 0.1) is 12.8 Å². The van der Waals surface area contributed by atoms with Gasteiger partial charge in [-0.2, -0.15) is 0 Å². The van der Waals surface area contributed by atoms with Crippen LogP contribution in [0.5, 0.6) is 17.2 Å². The number of para-hydroxylation sites is 1. The molecule has 3 N–H and O–H groups in total. The smallest absolute Gasteiger partial charge is 0.325 e. The molecule has 2 heterocycles. The maximum absolute atomic E-state index is 14.4. The minimum Gasteiger partial charge on any atom is -0.493 e. The summed E-state index contributed by atoms with van der Waals surface area (Å²) >= 11 is 1.24. The number of pyridine rings is 1. The fourth-order valence-corrected chi connectivity index (χ4v) is 3.42. The van der Waals surface area contributed by atoms with Gasteiger partial charge in [0, 0.05) is 35.2 Å². The summed E-state index contributed by atoms with van der Waals surface area (Å²) in [6, 6.07) is 11.3. The number of nitrogens with one attached hydrogen (secondary N) is 3. The van der Waals surface area contributed by atoms with Crippen LogP contribution in [-0.2, 0) is 0 Å². The zero-order chi connectivity index (χ0) is 23.9. The third-order valence-corrected chi connectivity index (χ3v) is 5.13. The number of rotatable bonds is 7. The maximum Gasteiger partial charge on any atom is 0.325 e. The van der Waals surface area contributed by atoms with Gasteiger partial charge in [-0.1, -0.05) is 6.07 Å². The van der Waals surface area contributed by atoms with Crippen molar-refractivity contribution in [3.63, 3.8) is 0 Å². The van der Waals surface area contributed by atoms with Crippen LogP contribution in [0.4, 0.5) is 25.7 Å². The van der Waals surface area contributed by atoms with Gasteiger partial charge in [0.2, 0.25) is 5.75 Å². The molecule has 0 saturated heterocycles. The molecule has 4 aromatic rings. The van der Waals surface area contributed by atoms with Crippen LogP contribution < -0.4 is 25.4 Å². The number of hydrogen-bond acceptors (Lipinski definition) is 7. The van der Waals surface area contributed by atoms with E-state index in [0.29, 0.717) is 16.4 Å². The molecule has 0 spiro atoms. The zero-order valence-electron chi connectivity index (χ0n) is 17.7. The Labute approximate surface area is 197 Å². The Hall–Kier alpha value is -4.51. The lowest BCUT2D eigenvalue weighted by Crippen LogP contribution is -2.20. The van der Waals surface area contributed by atoms with Crippen LogP contribution in [0.1, 0.15) is 10.4 Å². The summed E-state index contributed by atoms with van der Waals surface area (Å²) in [4.78, 5) is 32.9. The molecule has 4 rings (SSSR count). The summed E-state index contributed by atoms with van der Waals surface area (Å²) in [6.07, 6.45) is 4.56. The number of carbonyl (C=O) groups excluding carboxylic acids is 2. The van der Waals surface area contributed by atoms with Crippen molar-refractivity contribution < 1.29 is 23.5 Å². The largest absolute Gasteiger partial charge is 0.493 e. The highest BCUT2D eigenvalue weighted by Gasteiger charge is 2.17. The summed E-state index contributed by atoms with van der Waals surface area (Å²) in [7, 11) is 1.39. The number of amides is 3. The third kappa shape index (κ3) is 5.45. The second-order valence-electron chi connectivity index (χ2n) is 6.69. The summed E-state index contributed by atoms with van der Waals surface area (Å²) < 4.78 is 25.4. The lowest BCUT2D eigenvalue weighted by molar-refractivity contribution is 0.102. The van der Waals surface area contributed by atoms with E-state index < -0.39 is 11.8 Å². The summed E-state index contributed by atoms with van der Waals surface area (Å²) in [6.45, 7) is 0. The van der Waals surface area contributed by atoms with Crippen LogP contribution in [0.15, 0.2) is 72.5 Å². The molecule has 0 fully saturated rings. The van der Waals surface area contributed by atoms with Crippen LogP contribution in [0.3, 0.4) is 0 Å². The van der Waals surface area contributed by atoms with Crippen LogP contribution >= 0.6 is 11.3 Å². The quantitative estimate of drug-likeness (QED) is 0.328. The number of thiazole rings is 1. The molecule has 9 nitrogen and oxygen atoms in total. The van der Waals surface area contributed by atoms with Gasteiger partial charge in [-0.15, -0.1) is 11.3 Å². The van der Waals surface area contributed by atoms with E-state index in [-0.39, 0.29) is 28.8 Å². The van der Waals surface area contributed by atoms with E-state index in [2.05, 4.69) is 25.9 Å². The van der Waals surface area contributed by atoms with Gasteiger partial charge in [0.25, 0.3) is 5.91 Å². The second kappa shape index (κ2) is 10.4. The molecule has 34 heavy (non-hydrogen) atoms. The lowest BCUT2D eigenvalue weighted by Gasteiger charge is -2.16. The summed E-state index contributed by atoms with van der Waals surface area (Å²) in [5.74, 6) is -0.868. The molecule has 172 valence electrons. The minimum atomic E-state index is -0.646. The Bertz CT molecular complexity index is 1300. The molecule has 0 aliphatic carbocycles. The Balaban J connectivity index is 1.63. The molecule has 3 amide bonds. The average molecular weight is 479 g/mol. The third-order valence-electron chi connectivity index (χ3n) is 4.44. The first kappa shape index (κ1) is 22.7. The number of benzene rings is 2. The standard InChI is InChI=1S/C23H18FN5O4S/c1-32-19-4-2-3-16(24)20(19)33-18-6-5-15(27-21(30)14-7-9-25-10-8-14)13-17(18)28-22(31)29-23-26-11-12-34-23/h2-13H,1H3,(H,27,30)(H2,26,28,29,31). The van der Waals surface area contributed by atoms with E-state index in [1.54, 1.807) is 35.8 Å². The van der Waals surface area contributed by atoms with Crippen LogP contribution in [0, 0.1) is 5.82 Å². The number of methoxy groups -OCH3 is 1. The SMILES string of the molecule is COc1cccc(F)c1Oc1ccc(NC(=O)c2ccncc2)cc1NC(=O)Nc1nccs1. The Morgan fingerprint density at radius 2 is 1.79 bits per heavy atom. The molecule has 0 atom stereocenters. The number of carbonyl (C=O) groups is 2. The van der Waals surface area contributed by atoms with Gasteiger partial charge in [-0.05, 0) is 42.5 Å². The maximum atomic E-state index is 14.4. The summed E-state index contributed by atoms with van der Waals surface area (Å²) in [5, 5.41) is 10.1. The van der Waals surface area contributed by atoms with Crippen molar-refractivity contribution in [2.75, 3.05) is 23.1 Å². The number of aromatic nitrogens is 2. The molecular formula is C23H18FN5O4S. The molecule has 11 heteroatoms. The molecular weight excluding hydrogens is 461 g/mol. The van der Waals surface area contributed by atoms with Gasteiger partial charge >= 0.3 is 6.03 Å². The van der Waals surface area contributed by atoms with Gasteiger partial charge in [-0.25, -0.2) is 14.2 Å². The molecule has 0 aliphatic heterocycles. The van der Waals surface area contributed by atoms with E-state index in [1.807, 2.05) is 0 Å². The first-order valence-electron chi connectivity index (χ1n) is 9.87. The number of anilines is 3. The number of ether oxygens (including phenoxy) is 2. The highest BCUT2D eigenvalue weighted by molar-refractivity contribution is 7.13. The first-order valence-corrected chi connectivity index (χ1v) is 10.7. The molecule has 2 aromatic heterocycles. The van der Waals surface area contributed by atoms with Crippen molar-refractivity contribution in [1.29, 1.82) is 0 Å². The second-order valence-corrected chi connectivity index (χ2v) is 7.59. The highest BCUT2D eigenvalue weighted by Crippen LogP contribution is 2.38. The minimum absolute atomic E-state index is 0.125. The fourth-order valence-electron chi connectivity index (χ4n) is 2.90. The Morgan fingerprint density at radius 1 is 0.971 bits per heavy atom. The van der Waals surface area contributed by atoms with E-state index in [1.165, 1.54) is 55.1 Å². The zero-order valence-corrected chi connectivity index (χ0v) is 18.6. The fraction of sp³-hybridized carbons (Fsp3) is 0.0435. The van der Waals surface area contributed by atoms with Gasteiger partial charge in [-0.3, -0.25) is 15.1 Å². The molecule has 0 saturated carbocycles. The van der Waals surface area contributed by atoms with Crippen LogP contribution in [-0.4, -0.2) is 29.0 Å². The molecule has 0 radical (unpaired) electrons. The topological polar surface area (TPSA) is 114 Å². The highest BCUT2D eigenvalue weighted by atomic mass is 32.1. The normalized spacial score (nSPS) is 10.3. The van der Waals surface area contributed by atoms with Crippen molar-refractivity contribution in [2.24, 2.45) is 0 Å².